The van der Waals surface area contributed by atoms with E-state index >= 15 is 0 Å². The number of hydrogen-bond donors (Lipinski definition) is 0. The Labute approximate surface area is 128 Å². The van der Waals surface area contributed by atoms with Gasteiger partial charge >= 0.3 is 0 Å². The maximum atomic E-state index is 9.07. The molecular weight excluding hydrogens is 282 g/mol. The van der Waals surface area contributed by atoms with Gasteiger partial charge < -0.3 is 4.57 Å². The summed E-state index contributed by atoms with van der Waals surface area (Å²) in [5.74, 6) is 1.17. The molecule has 1 heterocycles. The van der Waals surface area contributed by atoms with E-state index in [0.717, 1.165) is 16.9 Å². The predicted molar refractivity (Wildman–Crippen MR) is 84.3 cm³/mol. The van der Waals surface area contributed by atoms with Crippen LogP contribution in [0.5, 0.6) is 0 Å². The minimum Gasteiger partial charge on any atom is -0.322 e. The summed E-state index contributed by atoms with van der Waals surface area (Å²) in [5, 5.41) is 9.07. The maximum Gasteiger partial charge on any atom is 0.125 e. The summed E-state index contributed by atoms with van der Waals surface area (Å²) >= 11 is 6.02. The molecule has 0 aliphatic carbocycles. The SMILES string of the molecule is Cc1ccc(Cn2c(CCl)nc3ccc(C#N)cc32)cc1. The number of aryl methyl sites for hydroxylation is 1. The first kappa shape index (κ1) is 13.7. The van der Waals surface area contributed by atoms with E-state index in [4.69, 9.17) is 16.9 Å². The molecule has 0 atom stereocenters. The van der Waals surface area contributed by atoms with Gasteiger partial charge in [-0.1, -0.05) is 29.8 Å². The van der Waals surface area contributed by atoms with Gasteiger partial charge in [-0.15, -0.1) is 11.6 Å². The lowest BCUT2D eigenvalue weighted by atomic mass is 10.1. The highest BCUT2D eigenvalue weighted by Crippen LogP contribution is 2.21. The van der Waals surface area contributed by atoms with Crippen molar-refractivity contribution in [2.75, 3.05) is 0 Å². The second-order valence-corrected chi connectivity index (χ2v) is 5.32. The van der Waals surface area contributed by atoms with E-state index in [1.807, 2.05) is 12.1 Å². The summed E-state index contributed by atoms with van der Waals surface area (Å²) in [7, 11) is 0. The van der Waals surface area contributed by atoms with E-state index in [9.17, 15) is 0 Å². The van der Waals surface area contributed by atoms with E-state index in [1.54, 1.807) is 6.07 Å². The Morgan fingerprint density at radius 1 is 1.19 bits per heavy atom. The van der Waals surface area contributed by atoms with Crippen LogP contribution in [0.25, 0.3) is 11.0 Å². The van der Waals surface area contributed by atoms with Crippen LogP contribution < -0.4 is 0 Å². The van der Waals surface area contributed by atoms with Crippen molar-refractivity contribution in [1.29, 1.82) is 5.26 Å². The van der Waals surface area contributed by atoms with Gasteiger partial charge in [0.15, 0.2) is 0 Å². The first-order valence-electron chi connectivity index (χ1n) is 6.72. The Morgan fingerprint density at radius 3 is 2.62 bits per heavy atom. The van der Waals surface area contributed by atoms with Crippen molar-refractivity contribution in [3.05, 3.63) is 65.0 Å². The topological polar surface area (TPSA) is 41.6 Å². The Morgan fingerprint density at radius 2 is 1.95 bits per heavy atom. The first-order valence-corrected chi connectivity index (χ1v) is 7.25. The lowest BCUT2D eigenvalue weighted by molar-refractivity contribution is 0.778. The highest BCUT2D eigenvalue weighted by Gasteiger charge is 2.11. The highest BCUT2D eigenvalue weighted by molar-refractivity contribution is 6.16. The van der Waals surface area contributed by atoms with Crippen molar-refractivity contribution >= 4 is 22.6 Å². The summed E-state index contributed by atoms with van der Waals surface area (Å²) in [4.78, 5) is 4.54. The van der Waals surface area contributed by atoms with Crippen LogP contribution in [0.4, 0.5) is 0 Å². The molecule has 21 heavy (non-hydrogen) atoms. The molecule has 0 radical (unpaired) electrons. The summed E-state index contributed by atoms with van der Waals surface area (Å²) in [6.45, 7) is 2.77. The summed E-state index contributed by atoms with van der Waals surface area (Å²) in [5.41, 5.74) is 4.88. The fourth-order valence-electron chi connectivity index (χ4n) is 2.40. The third kappa shape index (κ3) is 2.63. The third-order valence-corrected chi connectivity index (χ3v) is 3.78. The number of imidazole rings is 1. The van der Waals surface area contributed by atoms with Crippen LogP contribution in [0.15, 0.2) is 42.5 Å². The highest BCUT2D eigenvalue weighted by atomic mass is 35.5. The van der Waals surface area contributed by atoms with E-state index in [0.29, 0.717) is 18.0 Å². The minimum absolute atomic E-state index is 0.350. The molecule has 0 spiro atoms. The molecule has 0 N–H and O–H groups in total. The normalized spacial score (nSPS) is 10.7. The first-order chi connectivity index (χ1) is 10.2. The summed E-state index contributed by atoms with van der Waals surface area (Å²) in [6.07, 6.45) is 0. The molecule has 0 saturated carbocycles. The van der Waals surface area contributed by atoms with Gasteiger partial charge in [-0.3, -0.25) is 0 Å². The van der Waals surface area contributed by atoms with Gasteiger partial charge in [0.25, 0.3) is 0 Å². The molecule has 4 heteroatoms. The molecule has 3 aromatic rings. The molecule has 0 aliphatic heterocycles. The molecule has 0 unspecified atom stereocenters. The zero-order chi connectivity index (χ0) is 14.8. The number of nitriles is 1. The van der Waals surface area contributed by atoms with Crippen LogP contribution in [-0.4, -0.2) is 9.55 Å². The van der Waals surface area contributed by atoms with Crippen molar-refractivity contribution in [3.8, 4) is 6.07 Å². The van der Waals surface area contributed by atoms with E-state index in [-0.39, 0.29) is 0 Å². The lowest BCUT2D eigenvalue weighted by Crippen LogP contribution is -2.04. The Balaban J connectivity index is 2.10. The molecule has 0 saturated heterocycles. The standard InChI is InChI=1S/C17H14ClN3/c1-12-2-4-13(5-3-12)11-21-16-8-14(10-19)6-7-15(16)20-17(21)9-18/h2-8H,9,11H2,1H3. The summed E-state index contributed by atoms with van der Waals surface area (Å²) < 4.78 is 2.08. The number of nitrogens with zero attached hydrogens (tertiary/aromatic N) is 3. The second-order valence-electron chi connectivity index (χ2n) is 5.05. The molecule has 3 rings (SSSR count). The van der Waals surface area contributed by atoms with Crippen molar-refractivity contribution in [2.24, 2.45) is 0 Å². The quantitative estimate of drug-likeness (QED) is 0.685. The molecule has 0 amide bonds. The number of rotatable bonds is 3. The number of hydrogen-bond acceptors (Lipinski definition) is 2. The van der Waals surface area contributed by atoms with Crippen molar-refractivity contribution < 1.29 is 0 Å². The van der Waals surface area contributed by atoms with Crippen molar-refractivity contribution in [1.82, 2.24) is 9.55 Å². The second kappa shape index (κ2) is 5.59. The molecule has 2 aromatic carbocycles. The molecule has 0 aliphatic rings. The zero-order valence-electron chi connectivity index (χ0n) is 11.7. The minimum atomic E-state index is 0.350. The van der Waals surface area contributed by atoms with Crippen LogP contribution in [0, 0.1) is 18.3 Å². The maximum absolute atomic E-state index is 9.07. The van der Waals surface area contributed by atoms with E-state index < -0.39 is 0 Å². The molecular formula is C17H14ClN3. The monoisotopic (exact) mass is 295 g/mol. The molecule has 0 bridgehead atoms. The van der Waals surface area contributed by atoms with Gasteiger partial charge in [-0.2, -0.15) is 5.26 Å². The van der Waals surface area contributed by atoms with Gasteiger partial charge in [0.05, 0.1) is 28.5 Å². The molecule has 104 valence electrons. The van der Waals surface area contributed by atoms with Crippen molar-refractivity contribution in [2.45, 2.75) is 19.3 Å². The van der Waals surface area contributed by atoms with Crippen molar-refractivity contribution in [3.63, 3.8) is 0 Å². The molecule has 3 nitrogen and oxygen atoms in total. The average Bonchev–Trinajstić information content (AvgIpc) is 2.86. The Kier molecular flexibility index (Phi) is 3.64. The summed E-state index contributed by atoms with van der Waals surface area (Å²) in [6, 6.07) is 16.1. The lowest BCUT2D eigenvalue weighted by Gasteiger charge is -2.08. The molecule has 0 fully saturated rings. The van der Waals surface area contributed by atoms with Gasteiger partial charge in [-0.25, -0.2) is 4.98 Å². The van der Waals surface area contributed by atoms with Crippen LogP contribution >= 0.6 is 11.6 Å². The van der Waals surface area contributed by atoms with Gasteiger partial charge in [-0.05, 0) is 30.7 Å². The third-order valence-electron chi connectivity index (χ3n) is 3.54. The average molecular weight is 296 g/mol. The van der Waals surface area contributed by atoms with Gasteiger partial charge in [0.2, 0.25) is 0 Å². The fourth-order valence-corrected chi connectivity index (χ4v) is 2.60. The Hall–Kier alpha value is -2.31. The van der Waals surface area contributed by atoms with E-state index in [1.165, 1.54) is 11.1 Å². The predicted octanol–water partition coefficient (Wildman–Crippen LogP) is 4.00. The largest absolute Gasteiger partial charge is 0.322 e. The Bertz CT molecular complexity index is 826. The van der Waals surface area contributed by atoms with E-state index in [2.05, 4.69) is 46.8 Å². The number of halogens is 1. The van der Waals surface area contributed by atoms with Crippen LogP contribution in [0.1, 0.15) is 22.5 Å². The van der Waals surface area contributed by atoms with Crippen LogP contribution in [0.2, 0.25) is 0 Å². The van der Waals surface area contributed by atoms with Gasteiger partial charge in [0, 0.05) is 6.54 Å². The fraction of sp³-hybridized carbons (Fsp3) is 0.176. The number of alkyl halides is 1. The number of aromatic nitrogens is 2. The molecule has 1 aromatic heterocycles. The number of benzene rings is 2. The van der Waals surface area contributed by atoms with Gasteiger partial charge in [0.1, 0.15) is 5.82 Å². The smallest absolute Gasteiger partial charge is 0.125 e. The number of fused-ring (bicyclic) bond motifs is 1. The zero-order valence-corrected chi connectivity index (χ0v) is 12.4. The van der Waals surface area contributed by atoms with Crippen LogP contribution in [-0.2, 0) is 12.4 Å². The van der Waals surface area contributed by atoms with Crippen LogP contribution in [0.3, 0.4) is 0 Å².